The summed E-state index contributed by atoms with van der Waals surface area (Å²) in [6.07, 6.45) is 3.13. The number of nitrogens with zero attached hydrogens (tertiary/aromatic N) is 3. The molecule has 0 atom stereocenters. The number of rotatable bonds is 6. The van der Waals surface area contributed by atoms with Gasteiger partial charge in [0.15, 0.2) is 0 Å². The number of amides is 3. The molecule has 1 aliphatic heterocycles. The van der Waals surface area contributed by atoms with Crippen LogP contribution in [0, 0.1) is 0 Å². The second kappa shape index (κ2) is 7.44. The summed E-state index contributed by atoms with van der Waals surface area (Å²) in [6, 6.07) is 7.19. The molecule has 0 aromatic heterocycles. The van der Waals surface area contributed by atoms with Crippen LogP contribution in [0.25, 0.3) is 0 Å². The summed E-state index contributed by atoms with van der Waals surface area (Å²) in [5.41, 5.74) is 0.675. The van der Waals surface area contributed by atoms with Gasteiger partial charge in [0.1, 0.15) is 19.8 Å². The highest BCUT2D eigenvalue weighted by atomic mass is 35.5. The van der Waals surface area contributed by atoms with Crippen LogP contribution in [0.3, 0.4) is 0 Å². The van der Waals surface area contributed by atoms with Crippen molar-refractivity contribution in [2.24, 2.45) is 0 Å². The summed E-state index contributed by atoms with van der Waals surface area (Å²) >= 11 is 5.98. The first kappa shape index (κ1) is 17.7. The molecule has 3 rings (SSSR count). The van der Waals surface area contributed by atoms with Crippen LogP contribution in [0.5, 0.6) is 0 Å². The highest BCUT2D eigenvalue weighted by molar-refractivity contribution is 6.31. The van der Waals surface area contributed by atoms with Gasteiger partial charge in [-0.2, -0.15) is 0 Å². The lowest BCUT2D eigenvalue weighted by Gasteiger charge is -2.25. The Labute approximate surface area is 152 Å². The van der Waals surface area contributed by atoms with Gasteiger partial charge in [-0.05, 0) is 37.5 Å². The second-order valence-corrected chi connectivity index (χ2v) is 6.97. The Hall–Kier alpha value is -2.08. The van der Waals surface area contributed by atoms with Crippen molar-refractivity contribution in [3.8, 4) is 0 Å². The fraction of sp³-hybridized carbons (Fsp3) is 0.500. The van der Waals surface area contributed by atoms with Gasteiger partial charge in [-0.15, -0.1) is 0 Å². The van der Waals surface area contributed by atoms with Gasteiger partial charge in [-0.25, -0.2) is 0 Å². The minimum atomic E-state index is -0.186. The van der Waals surface area contributed by atoms with Crippen LogP contribution in [-0.2, 0) is 14.4 Å². The zero-order valence-corrected chi connectivity index (χ0v) is 15.0. The third kappa shape index (κ3) is 4.12. The van der Waals surface area contributed by atoms with Crippen molar-refractivity contribution in [3.63, 3.8) is 0 Å². The van der Waals surface area contributed by atoms with Crippen molar-refractivity contribution in [3.05, 3.63) is 29.3 Å². The van der Waals surface area contributed by atoms with E-state index in [4.69, 9.17) is 11.6 Å². The summed E-state index contributed by atoms with van der Waals surface area (Å²) in [4.78, 5) is 41.8. The van der Waals surface area contributed by atoms with Gasteiger partial charge in [0.05, 0.1) is 0 Å². The topological polar surface area (TPSA) is 60.9 Å². The fourth-order valence-electron chi connectivity index (χ4n) is 3.00. The van der Waals surface area contributed by atoms with E-state index in [9.17, 15) is 14.4 Å². The molecule has 2 aliphatic rings. The molecule has 0 N–H and O–H groups in total. The van der Waals surface area contributed by atoms with E-state index in [2.05, 4.69) is 0 Å². The van der Waals surface area contributed by atoms with Crippen LogP contribution in [0.2, 0.25) is 5.02 Å². The number of hydrogen-bond donors (Lipinski definition) is 0. The molecule has 134 valence electrons. The van der Waals surface area contributed by atoms with E-state index in [-0.39, 0.29) is 43.5 Å². The number of hydrogen-bond acceptors (Lipinski definition) is 3. The minimum absolute atomic E-state index is 0.0237. The summed E-state index contributed by atoms with van der Waals surface area (Å²) < 4.78 is 0. The molecule has 0 spiro atoms. The van der Waals surface area contributed by atoms with Gasteiger partial charge in [-0.1, -0.05) is 24.6 Å². The lowest BCUT2D eigenvalue weighted by Crippen LogP contribution is -2.43. The first-order valence-electron chi connectivity index (χ1n) is 8.62. The lowest BCUT2D eigenvalue weighted by molar-refractivity contribution is -0.140. The molecule has 6 nitrogen and oxygen atoms in total. The molecular weight excluding hydrogens is 342 g/mol. The third-order valence-electron chi connectivity index (χ3n) is 4.49. The molecule has 7 heteroatoms. The first-order valence-corrected chi connectivity index (χ1v) is 9.00. The van der Waals surface area contributed by atoms with Crippen LogP contribution in [0.15, 0.2) is 24.3 Å². The van der Waals surface area contributed by atoms with Gasteiger partial charge in [0.2, 0.25) is 17.7 Å². The van der Waals surface area contributed by atoms with Gasteiger partial charge in [-0.3, -0.25) is 19.3 Å². The van der Waals surface area contributed by atoms with Crippen molar-refractivity contribution in [1.29, 1.82) is 0 Å². The number of carbonyl (C=O) groups is 3. The van der Waals surface area contributed by atoms with Crippen LogP contribution < -0.4 is 4.90 Å². The molecule has 1 aliphatic carbocycles. The van der Waals surface area contributed by atoms with E-state index < -0.39 is 0 Å². The summed E-state index contributed by atoms with van der Waals surface area (Å²) in [5, 5.41) is 0.542. The molecule has 3 amide bonds. The van der Waals surface area contributed by atoms with Crippen molar-refractivity contribution in [2.45, 2.75) is 38.6 Å². The van der Waals surface area contributed by atoms with Crippen LogP contribution >= 0.6 is 11.6 Å². The Morgan fingerprint density at radius 1 is 1.32 bits per heavy atom. The first-order chi connectivity index (χ1) is 12.0. The van der Waals surface area contributed by atoms with Crippen LogP contribution in [0.1, 0.15) is 32.6 Å². The average molecular weight is 364 g/mol. The van der Waals surface area contributed by atoms with Crippen LogP contribution in [-0.4, -0.2) is 53.3 Å². The fourth-order valence-corrected chi connectivity index (χ4v) is 3.18. The van der Waals surface area contributed by atoms with Gasteiger partial charge >= 0.3 is 0 Å². The molecule has 1 saturated carbocycles. The Morgan fingerprint density at radius 3 is 2.72 bits per heavy atom. The van der Waals surface area contributed by atoms with E-state index >= 15 is 0 Å². The average Bonchev–Trinajstić information content (AvgIpc) is 3.34. The van der Waals surface area contributed by atoms with Gasteiger partial charge < -0.3 is 9.80 Å². The number of benzene rings is 1. The molecule has 1 aromatic carbocycles. The molecule has 2 fully saturated rings. The number of anilines is 1. The molecule has 1 saturated heterocycles. The molecule has 0 radical (unpaired) electrons. The Bertz CT molecular complexity index is 690. The zero-order chi connectivity index (χ0) is 18.0. The Kier molecular flexibility index (Phi) is 5.27. The summed E-state index contributed by atoms with van der Waals surface area (Å²) in [6.45, 7) is 2.23. The third-order valence-corrected chi connectivity index (χ3v) is 4.72. The maximum absolute atomic E-state index is 12.6. The second-order valence-electron chi connectivity index (χ2n) is 6.54. The zero-order valence-electron chi connectivity index (χ0n) is 14.3. The van der Waals surface area contributed by atoms with E-state index in [1.165, 1.54) is 4.90 Å². The molecule has 25 heavy (non-hydrogen) atoms. The van der Waals surface area contributed by atoms with E-state index in [1.807, 2.05) is 6.92 Å². The minimum Gasteiger partial charge on any atom is -0.330 e. The van der Waals surface area contributed by atoms with Crippen molar-refractivity contribution >= 4 is 35.0 Å². The monoisotopic (exact) mass is 363 g/mol. The molecule has 1 aromatic rings. The van der Waals surface area contributed by atoms with Crippen molar-refractivity contribution < 1.29 is 14.4 Å². The predicted molar refractivity (Wildman–Crippen MR) is 95.2 cm³/mol. The normalized spacial score (nSPS) is 17.1. The summed E-state index contributed by atoms with van der Waals surface area (Å²) in [5.74, 6) is -0.307. The highest BCUT2D eigenvalue weighted by Gasteiger charge is 2.37. The molecule has 1 heterocycles. The Balaban J connectivity index is 1.65. The maximum Gasteiger partial charge on any atom is 0.248 e. The lowest BCUT2D eigenvalue weighted by atomic mass is 10.3. The quantitative estimate of drug-likeness (QED) is 0.779. The SMILES string of the molecule is CCCC(=O)N(CC(=O)N1CC(=O)N(c2cccc(Cl)c2)C1)C1CC1. The Morgan fingerprint density at radius 2 is 2.08 bits per heavy atom. The van der Waals surface area contributed by atoms with Crippen molar-refractivity contribution in [1.82, 2.24) is 9.80 Å². The van der Waals surface area contributed by atoms with E-state index in [0.717, 1.165) is 19.3 Å². The molecule has 0 bridgehead atoms. The summed E-state index contributed by atoms with van der Waals surface area (Å²) in [7, 11) is 0. The number of carbonyl (C=O) groups excluding carboxylic acids is 3. The standard InChI is InChI=1S/C18H22ClN3O3/c1-2-4-16(23)21(14-7-8-14)11-17(24)20-10-18(25)22(12-20)15-6-3-5-13(19)9-15/h3,5-6,9,14H,2,4,7-8,10-12H2,1H3. The predicted octanol–water partition coefficient (Wildman–Crippen LogP) is 2.26. The van der Waals surface area contributed by atoms with Crippen LogP contribution in [0.4, 0.5) is 5.69 Å². The van der Waals surface area contributed by atoms with Gasteiger partial charge in [0, 0.05) is 23.2 Å². The number of halogens is 1. The molecular formula is C18H22ClN3O3. The van der Waals surface area contributed by atoms with Crippen molar-refractivity contribution in [2.75, 3.05) is 24.7 Å². The smallest absolute Gasteiger partial charge is 0.248 e. The van der Waals surface area contributed by atoms with Gasteiger partial charge in [0.25, 0.3) is 0 Å². The van der Waals surface area contributed by atoms with E-state index in [0.29, 0.717) is 17.1 Å². The highest BCUT2D eigenvalue weighted by Crippen LogP contribution is 2.28. The molecule has 0 unspecified atom stereocenters. The van der Waals surface area contributed by atoms with E-state index in [1.54, 1.807) is 34.1 Å². The largest absolute Gasteiger partial charge is 0.330 e. The maximum atomic E-state index is 12.6.